The average Bonchev–Trinajstić information content (AvgIpc) is 3.06. The maximum atomic E-state index is 4.36. The van der Waals surface area contributed by atoms with Crippen LogP contribution in [0.1, 0.15) is 44.1 Å². The Bertz CT molecular complexity index is 500. The van der Waals surface area contributed by atoms with Gasteiger partial charge in [-0.15, -0.1) is 0 Å². The van der Waals surface area contributed by atoms with Crippen molar-refractivity contribution in [3.63, 3.8) is 0 Å². The first-order chi connectivity index (χ1) is 9.73. The van der Waals surface area contributed by atoms with Gasteiger partial charge in [-0.05, 0) is 83.3 Å². The highest BCUT2D eigenvalue weighted by atomic mass is 79.9. The monoisotopic (exact) mass is 334 g/mol. The summed E-state index contributed by atoms with van der Waals surface area (Å²) in [5.41, 5.74) is 1.91. The van der Waals surface area contributed by atoms with Gasteiger partial charge in [0.1, 0.15) is 0 Å². The Morgan fingerprint density at radius 3 is 2.80 bits per heavy atom. The highest BCUT2D eigenvalue weighted by Gasteiger charge is 2.50. The molecule has 2 nitrogen and oxygen atoms in total. The zero-order chi connectivity index (χ0) is 13.6. The van der Waals surface area contributed by atoms with Crippen LogP contribution in [0.2, 0.25) is 0 Å². The molecule has 3 aliphatic rings. The van der Waals surface area contributed by atoms with Crippen molar-refractivity contribution in [3.05, 3.63) is 28.5 Å². The molecule has 4 rings (SSSR count). The third-order valence-electron chi connectivity index (χ3n) is 5.74. The van der Waals surface area contributed by atoms with Crippen molar-refractivity contribution in [2.45, 2.75) is 51.0 Å². The van der Waals surface area contributed by atoms with Gasteiger partial charge < -0.3 is 5.32 Å². The highest BCUT2D eigenvalue weighted by molar-refractivity contribution is 9.10. The molecule has 20 heavy (non-hydrogen) atoms. The molecule has 3 atom stereocenters. The van der Waals surface area contributed by atoms with E-state index in [0.717, 1.165) is 22.4 Å². The van der Waals surface area contributed by atoms with E-state index in [1.807, 2.05) is 6.20 Å². The lowest BCUT2D eigenvalue weighted by Crippen LogP contribution is -2.41. The minimum absolute atomic E-state index is 0.508. The van der Waals surface area contributed by atoms with Gasteiger partial charge in [-0.2, -0.15) is 0 Å². The molecule has 0 radical (unpaired) electrons. The second-order valence-corrected chi connectivity index (χ2v) is 8.20. The maximum Gasteiger partial charge on any atom is 0.0410 e. The molecule has 3 aliphatic carbocycles. The molecule has 1 aromatic heterocycles. The Hall–Kier alpha value is -0.410. The molecule has 0 spiro atoms. The van der Waals surface area contributed by atoms with Crippen LogP contribution in [0.4, 0.5) is 0 Å². The van der Waals surface area contributed by atoms with Crippen molar-refractivity contribution in [1.29, 1.82) is 0 Å². The lowest BCUT2D eigenvalue weighted by molar-refractivity contribution is 0.155. The molecule has 1 aromatic rings. The fraction of sp³-hybridized carbons (Fsp3) is 0.706. The standard InChI is InChI=1S/C17H23BrN2/c18-15-6-13(9-19-10-15)8-17(11-20-16-3-4-16)7-12-1-2-14(17)5-12/h6,9-10,12,14,16,20H,1-5,7-8,11H2. The quantitative estimate of drug-likeness (QED) is 0.881. The molecule has 3 heteroatoms. The van der Waals surface area contributed by atoms with Crippen molar-refractivity contribution >= 4 is 15.9 Å². The van der Waals surface area contributed by atoms with E-state index in [1.165, 1.54) is 57.1 Å². The summed E-state index contributed by atoms with van der Waals surface area (Å²) < 4.78 is 1.11. The molecule has 0 aromatic carbocycles. The summed E-state index contributed by atoms with van der Waals surface area (Å²) in [6.45, 7) is 1.23. The Balaban J connectivity index is 1.54. The fourth-order valence-corrected chi connectivity index (χ4v) is 5.06. The number of halogens is 1. The Morgan fingerprint density at radius 2 is 2.15 bits per heavy atom. The van der Waals surface area contributed by atoms with Crippen molar-refractivity contribution in [1.82, 2.24) is 10.3 Å². The van der Waals surface area contributed by atoms with Crippen LogP contribution in [0.3, 0.4) is 0 Å². The first-order valence-corrected chi connectivity index (χ1v) is 8.86. The second-order valence-electron chi connectivity index (χ2n) is 7.29. The number of hydrogen-bond donors (Lipinski definition) is 1. The maximum absolute atomic E-state index is 4.36. The van der Waals surface area contributed by atoms with E-state index >= 15 is 0 Å². The normalized spacial score (nSPS) is 35.6. The minimum atomic E-state index is 0.508. The van der Waals surface area contributed by atoms with E-state index in [4.69, 9.17) is 0 Å². The van der Waals surface area contributed by atoms with Gasteiger partial charge in [0.15, 0.2) is 0 Å². The fourth-order valence-electron chi connectivity index (χ4n) is 4.65. The molecular formula is C17H23BrN2. The van der Waals surface area contributed by atoms with Crippen LogP contribution < -0.4 is 5.32 Å². The van der Waals surface area contributed by atoms with Gasteiger partial charge >= 0.3 is 0 Å². The number of nitrogens with zero attached hydrogens (tertiary/aromatic N) is 1. The zero-order valence-corrected chi connectivity index (χ0v) is 13.5. The van der Waals surface area contributed by atoms with Gasteiger partial charge in [-0.25, -0.2) is 0 Å². The Labute approximate surface area is 129 Å². The molecule has 0 saturated heterocycles. The van der Waals surface area contributed by atoms with Gasteiger partial charge in [-0.1, -0.05) is 6.42 Å². The molecule has 3 unspecified atom stereocenters. The summed E-state index contributed by atoms with van der Waals surface area (Å²) in [7, 11) is 0. The molecule has 1 heterocycles. The molecule has 0 aliphatic heterocycles. The molecular weight excluding hydrogens is 312 g/mol. The highest BCUT2D eigenvalue weighted by Crippen LogP contribution is 2.57. The largest absolute Gasteiger partial charge is 0.313 e. The van der Waals surface area contributed by atoms with E-state index < -0.39 is 0 Å². The van der Waals surface area contributed by atoms with Crippen LogP contribution in [0.25, 0.3) is 0 Å². The van der Waals surface area contributed by atoms with Crippen LogP contribution in [0.15, 0.2) is 22.9 Å². The van der Waals surface area contributed by atoms with Crippen molar-refractivity contribution in [2.24, 2.45) is 17.3 Å². The van der Waals surface area contributed by atoms with E-state index in [0.29, 0.717) is 5.41 Å². The van der Waals surface area contributed by atoms with Crippen molar-refractivity contribution < 1.29 is 0 Å². The van der Waals surface area contributed by atoms with Crippen LogP contribution in [0, 0.1) is 17.3 Å². The number of aromatic nitrogens is 1. The smallest absolute Gasteiger partial charge is 0.0410 e. The Morgan fingerprint density at radius 1 is 1.25 bits per heavy atom. The molecule has 0 amide bonds. The molecule has 2 bridgehead atoms. The topological polar surface area (TPSA) is 24.9 Å². The second kappa shape index (κ2) is 5.10. The summed E-state index contributed by atoms with van der Waals surface area (Å²) in [5.74, 6) is 1.94. The molecule has 3 saturated carbocycles. The lowest BCUT2D eigenvalue weighted by Gasteiger charge is -2.38. The summed E-state index contributed by atoms with van der Waals surface area (Å²) in [6.07, 6.45) is 13.8. The first-order valence-electron chi connectivity index (χ1n) is 8.06. The predicted molar refractivity (Wildman–Crippen MR) is 84.5 cm³/mol. The number of rotatable bonds is 5. The van der Waals surface area contributed by atoms with E-state index in [-0.39, 0.29) is 0 Å². The SMILES string of the molecule is Brc1cncc(CC2(CNC3CC3)CC3CCC2C3)c1. The predicted octanol–water partition coefficient (Wildman–Crippen LogP) is 3.95. The number of hydrogen-bond acceptors (Lipinski definition) is 2. The zero-order valence-electron chi connectivity index (χ0n) is 11.9. The van der Waals surface area contributed by atoms with Crippen LogP contribution in [-0.2, 0) is 6.42 Å². The molecule has 108 valence electrons. The van der Waals surface area contributed by atoms with Gasteiger partial charge in [0.25, 0.3) is 0 Å². The van der Waals surface area contributed by atoms with E-state index in [2.05, 4.69) is 38.5 Å². The minimum Gasteiger partial charge on any atom is -0.313 e. The van der Waals surface area contributed by atoms with Crippen LogP contribution in [0.5, 0.6) is 0 Å². The number of fused-ring (bicyclic) bond motifs is 2. The molecule has 1 N–H and O–H groups in total. The van der Waals surface area contributed by atoms with Gasteiger partial charge in [0, 0.05) is 29.5 Å². The van der Waals surface area contributed by atoms with Gasteiger partial charge in [0.2, 0.25) is 0 Å². The van der Waals surface area contributed by atoms with Gasteiger partial charge in [0.05, 0.1) is 0 Å². The van der Waals surface area contributed by atoms with Gasteiger partial charge in [-0.3, -0.25) is 4.98 Å². The van der Waals surface area contributed by atoms with Crippen molar-refractivity contribution in [2.75, 3.05) is 6.54 Å². The van der Waals surface area contributed by atoms with E-state index in [1.54, 1.807) is 0 Å². The van der Waals surface area contributed by atoms with E-state index in [9.17, 15) is 0 Å². The van der Waals surface area contributed by atoms with Crippen molar-refractivity contribution in [3.8, 4) is 0 Å². The Kier molecular flexibility index (Phi) is 3.38. The number of nitrogens with one attached hydrogen (secondary N) is 1. The van der Waals surface area contributed by atoms with Crippen LogP contribution >= 0.6 is 15.9 Å². The first kappa shape index (κ1) is 13.3. The number of pyridine rings is 1. The van der Waals surface area contributed by atoms with Crippen LogP contribution in [-0.4, -0.2) is 17.6 Å². The summed E-state index contributed by atoms with van der Waals surface area (Å²) in [6, 6.07) is 3.09. The summed E-state index contributed by atoms with van der Waals surface area (Å²) in [5, 5.41) is 3.83. The lowest BCUT2D eigenvalue weighted by atomic mass is 9.69. The summed E-state index contributed by atoms with van der Waals surface area (Å²) in [4.78, 5) is 4.36. The third kappa shape index (κ3) is 2.55. The molecule has 3 fully saturated rings. The third-order valence-corrected chi connectivity index (χ3v) is 6.17. The summed E-state index contributed by atoms with van der Waals surface area (Å²) >= 11 is 3.56. The average molecular weight is 335 g/mol.